The molecular weight excluding hydrogens is 532 g/mol. The number of rotatable bonds is 10. The van der Waals surface area contributed by atoms with Crippen LogP contribution in [0.2, 0.25) is 0 Å². The fourth-order valence-electron chi connectivity index (χ4n) is 7.75. The Bertz CT molecular complexity index is 1330. The van der Waals surface area contributed by atoms with Gasteiger partial charge in [0, 0.05) is 0 Å². The lowest BCUT2D eigenvalue weighted by Crippen LogP contribution is -2.34. The molecule has 4 heteroatoms. The highest BCUT2D eigenvalue weighted by Gasteiger charge is 2.38. The monoisotopic (exact) mass is 584 g/mol. The van der Waals surface area contributed by atoms with Crippen LogP contribution in [-0.2, 0) is 9.47 Å². The maximum Gasteiger partial charge on any atom is 0.125 e. The van der Waals surface area contributed by atoms with Gasteiger partial charge in [0.05, 0.1) is 13.2 Å². The molecule has 2 saturated heterocycles. The van der Waals surface area contributed by atoms with Gasteiger partial charge in [-0.05, 0) is 165 Å². The quantitative estimate of drug-likeness (QED) is 0.261. The zero-order chi connectivity index (χ0) is 30.5. The molecule has 2 aromatic carbocycles. The summed E-state index contributed by atoms with van der Waals surface area (Å²) in [5, 5.41) is 0. The highest BCUT2D eigenvalue weighted by Crippen LogP contribution is 2.50. The Morgan fingerprint density at radius 1 is 0.651 bits per heavy atom. The number of allylic oxidation sites excluding steroid dienone is 4. The van der Waals surface area contributed by atoms with Crippen molar-refractivity contribution >= 4 is 11.1 Å². The molecule has 4 nitrogen and oxygen atoms in total. The van der Waals surface area contributed by atoms with Crippen LogP contribution in [0.5, 0.6) is 11.5 Å². The summed E-state index contributed by atoms with van der Waals surface area (Å²) in [6.07, 6.45) is 12.9. The van der Waals surface area contributed by atoms with Crippen LogP contribution in [0.4, 0.5) is 0 Å². The molecule has 4 aliphatic rings. The summed E-state index contributed by atoms with van der Waals surface area (Å²) in [7, 11) is 0. The van der Waals surface area contributed by atoms with E-state index in [1.54, 1.807) is 0 Å². The maximum absolute atomic E-state index is 6.16. The van der Waals surface area contributed by atoms with Crippen molar-refractivity contribution in [3.63, 3.8) is 0 Å². The SMILES string of the molecule is Cc1cc(C2=CCC(C(C)(C)C3CC=C(c4cc(C)c(OCC5CO5)c(C)c4C)CC3)CC2)c(C)c(C)c1OCC1CO1. The normalized spacial score (nSPS) is 25.2. The first-order valence-electron chi connectivity index (χ1n) is 16.6. The third-order valence-corrected chi connectivity index (χ3v) is 11.3. The smallest absolute Gasteiger partial charge is 0.125 e. The number of benzene rings is 2. The fraction of sp³-hybridized carbons (Fsp3) is 0.590. The van der Waals surface area contributed by atoms with Crippen molar-refractivity contribution < 1.29 is 18.9 Å². The largest absolute Gasteiger partial charge is 0.490 e. The molecule has 2 fully saturated rings. The molecule has 0 spiro atoms. The summed E-state index contributed by atoms with van der Waals surface area (Å²) in [6, 6.07) is 4.73. The van der Waals surface area contributed by atoms with Crippen LogP contribution in [-0.4, -0.2) is 38.6 Å². The van der Waals surface area contributed by atoms with Gasteiger partial charge >= 0.3 is 0 Å². The molecule has 0 saturated carbocycles. The molecule has 0 N–H and O–H groups in total. The molecule has 6 rings (SSSR count). The van der Waals surface area contributed by atoms with Gasteiger partial charge in [0.1, 0.15) is 36.9 Å². The Hall–Kier alpha value is -2.56. The number of epoxide rings is 2. The lowest BCUT2D eigenvalue weighted by atomic mass is 9.61. The molecule has 2 heterocycles. The van der Waals surface area contributed by atoms with Crippen LogP contribution in [0.15, 0.2) is 24.3 Å². The first kappa shape index (κ1) is 30.5. The third kappa shape index (κ3) is 6.33. The second kappa shape index (κ2) is 12.1. The van der Waals surface area contributed by atoms with E-state index in [-0.39, 0.29) is 12.2 Å². The van der Waals surface area contributed by atoms with E-state index in [4.69, 9.17) is 18.9 Å². The summed E-state index contributed by atoms with van der Waals surface area (Å²) < 4.78 is 23.0. The van der Waals surface area contributed by atoms with Crippen molar-refractivity contribution in [2.24, 2.45) is 17.3 Å². The van der Waals surface area contributed by atoms with E-state index in [1.807, 2.05) is 0 Å². The summed E-state index contributed by atoms with van der Waals surface area (Å²) >= 11 is 0. The van der Waals surface area contributed by atoms with Crippen molar-refractivity contribution in [3.8, 4) is 11.5 Å². The molecule has 0 aromatic heterocycles. The molecule has 43 heavy (non-hydrogen) atoms. The van der Waals surface area contributed by atoms with Gasteiger partial charge in [0.15, 0.2) is 0 Å². The molecular formula is C39H52O4. The number of ether oxygens (including phenoxy) is 4. The molecule has 0 radical (unpaired) electrons. The average Bonchev–Trinajstić information content (AvgIpc) is 3.93. The molecule has 2 aromatic rings. The zero-order valence-electron chi connectivity index (χ0n) is 27.8. The van der Waals surface area contributed by atoms with Gasteiger partial charge < -0.3 is 18.9 Å². The van der Waals surface area contributed by atoms with Crippen molar-refractivity contribution in [2.45, 2.75) is 106 Å². The molecule has 0 bridgehead atoms. The minimum atomic E-state index is 0.281. The predicted molar refractivity (Wildman–Crippen MR) is 176 cm³/mol. The van der Waals surface area contributed by atoms with E-state index >= 15 is 0 Å². The summed E-state index contributed by atoms with van der Waals surface area (Å²) in [6.45, 7) is 21.4. The average molecular weight is 585 g/mol. The molecule has 2 aliphatic heterocycles. The predicted octanol–water partition coefficient (Wildman–Crippen LogP) is 9.19. The lowest BCUT2D eigenvalue weighted by Gasteiger charge is -2.44. The van der Waals surface area contributed by atoms with Gasteiger partial charge in [0.25, 0.3) is 0 Å². The Balaban J connectivity index is 1.12. The van der Waals surface area contributed by atoms with Crippen LogP contribution in [0, 0.1) is 58.8 Å². The fourth-order valence-corrected chi connectivity index (χ4v) is 7.75. The Kier molecular flexibility index (Phi) is 8.56. The van der Waals surface area contributed by atoms with Gasteiger partial charge in [-0.1, -0.05) is 26.0 Å². The van der Waals surface area contributed by atoms with Crippen molar-refractivity contribution in [2.75, 3.05) is 26.4 Å². The van der Waals surface area contributed by atoms with Crippen molar-refractivity contribution in [1.29, 1.82) is 0 Å². The van der Waals surface area contributed by atoms with E-state index in [1.165, 1.54) is 81.3 Å². The molecule has 0 amide bonds. The standard InChI is InChI=1S/C39H52O4/c1-23-17-35(25(3)27(5)37(23)42-21-33-19-40-33)29-9-13-31(14-10-29)39(7,8)32-15-11-30(12-16-32)36-18-24(2)38(28(6)26(36)4)43-22-34-20-41-34/h9,11,17-18,31-34H,10,12-16,19-22H2,1-8H3. The number of aryl methyl sites for hydroxylation is 2. The first-order valence-corrected chi connectivity index (χ1v) is 16.6. The van der Waals surface area contributed by atoms with Crippen molar-refractivity contribution in [3.05, 3.63) is 68.8 Å². The molecule has 2 aliphatic carbocycles. The van der Waals surface area contributed by atoms with Gasteiger partial charge in [-0.25, -0.2) is 0 Å². The van der Waals surface area contributed by atoms with E-state index in [2.05, 4.69) is 79.7 Å². The maximum atomic E-state index is 6.16. The van der Waals surface area contributed by atoms with Gasteiger partial charge in [-0.3, -0.25) is 0 Å². The lowest BCUT2D eigenvalue weighted by molar-refractivity contribution is 0.0991. The minimum absolute atomic E-state index is 0.281. The Morgan fingerprint density at radius 2 is 1.05 bits per heavy atom. The summed E-state index contributed by atoms with van der Waals surface area (Å²) in [5.74, 6) is 3.53. The first-order chi connectivity index (χ1) is 20.5. The van der Waals surface area contributed by atoms with E-state index in [0.29, 0.717) is 18.6 Å². The second-order valence-electron chi connectivity index (χ2n) is 14.4. The number of hydrogen-bond donors (Lipinski definition) is 0. The molecule has 4 atom stereocenters. The number of hydrogen-bond acceptors (Lipinski definition) is 4. The summed E-state index contributed by atoms with van der Waals surface area (Å²) in [5.41, 5.74) is 14.0. The van der Waals surface area contributed by atoms with E-state index < -0.39 is 0 Å². The topological polar surface area (TPSA) is 43.5 Å². The van der Waals surface area contributed by atoms with Crippen LogP contribution in [0.3, 0.4) is 0 Å². The zero-order valence-corrected chi connectivity index (χ0v) is 27.8. The van der Waals surface area contributed by atoms with E-state index in [0.717, 1.165) is 49.4 Å². The van der Waals surface area contributed by atoms with Gasteiger partial charge in [0.2, 0.25) is 0 Å². The van der Waals surface area contributed by atoms with Crippen LogP contribution in [0.25, 0.3) is 11.1 Å². The Labute approximate surface area is 259 Å². The minimum Gasteiger partial charge on any atom is -0.490 e. The van der Waals surface area contributed by atoms with Crippen LogP contribution >= 0.6 is 0 Å². The van der Waals surface area contributed by atoms with Crippen LogP contribution in [0.1, 0.15) is 96.9 Å². The summed E-state index contributed by atoms with van der Waals surface area (Å²) in [4.78, 5) is 0. The molecule has 232 valence electrons. The van der Waals surface area contributed by atoms with Gasteiger partial charge in [-0.2, -0.15) is 0 Å². The van der Waals surface area contributed by atoms with Crippen LogP contribution < -0.4 is 9.47 Å². The highest BCUT2D eigenvalue weighted by atomic mass is 16.6. The van der Waals surface area contributed by atoms with E-state index in [9.17, 15) is 0 Å². The highest BCUT2D eigenvalue weighted by molar-refractivity contribution is 5.73. The van der Waals surface area contributed by atoms with Gasteiger partial charge in [-0.15, -0.1) is 0 Å². The second-order valence-corrected chi connectivity index (χ2v) is 14.4. The molecule has 4 unspecified atom stereocenters. The van der Waals surface area contributed by atoms with Crippen molar-refractivity contribution in [1.82, 2.24) is 0 Å². The Morgan fingerprint density at radius 3 is 1.37 bits per heavy atom. The third-order valence-electron chi connectivity index (χ3n) is 11.3.